The van der Waals surface area contributed by atoms with Crippen molar-refractivity contribution in [2.24, 2.45) is 0 Å². The number of nitrogens with one attached hydrogen (secondary N) is 2. The Morgan fingerprint density at radius 3 is 2.22 bits per heavy atom. The Balaban J connectivity index is 0.942. The average molecular weight is 768 g/mol. The molecule has 280 valence electrons. The van der Waals surface area contributed by atoms with Crippen molar-refractivity contribution < 1.29 is 13.2 Å². The van der Waals surface area contributed by atoms with Gasteiger partial charge in [-0.1, -0.05) is 78.9 Å². The van der Waals surface area contributed by atoms with Crippen LogP contribution in [0.2, 0.25) is 0 Å². The molecule has 1 aliphatic rings. The Kier molecular flexibility index (Phi) is 12.3. The molecule has 1 aliphatic heterocycles. The number of piperazine rings is 1. The molecule has 1 atom stereocenters. The lowest BCUT2D eigenvalue weighted by Gasteiger charge is -2.36. The number of rotatable bonds is 14. The highest BCUT2D eigenvalue weighted by atomic mass is 32.2. The lowest BCUT2D eigenvalue weighted by atomic mass is 9.99. The Bertz CT molecular complexity index is 2280. The van der Waals surface area contributed by atoms with E-state index in [1.54, 1.807) is 48.3 Å². The predicted molar refractivity (Wildman–Crippen MR) is 224 cm³/mol. The number of sulfonamides is 1. The standard InChI is InChI=1S/C45H45N5O3S2/c1-34-29-42(22-23-44(34)47-39(30-35-11-10-24-46-31-35)33-54-41-15-6-3-7-16-41)55(52,53)48-45(51)37-18-20-40(21-19-37)50-27-25-49(26-28-50)32-38-14-8-9-17-43(38)36-12-4-2-5-13-36/h2-24,29,31,39,47H,25-28,30,32-33H2,1H3,(H,48,51)/t39-/m0/s1. The number of carbonyl (C=O) groups is 1. The fraction of sp³-hybridized carbons (Fsp3) is 0.200. The van der Waals surface area contributed by atoms with Crippen molar-refractivity contribution in [3.05, 3.63) is 174 Å². The first-order valence-electron chi connectivity index (χ1n) is 18.5. The zero-order valence-corrected chi connectivity index (χ0v) is 32.5. The van der Waals surface area contributed by atoms with Crippen LogP contribution in [0, 0.1) is 6.92 Å². The van der Waals surface area contributed by atoms with Crippen LogP contribution in [0.3, 0.4) is 0 Å². The van der Waals surface area contributed by atoms with E-state index in [0.29, 0.717) is 0 Å². The molecule has 0 aliphatic carbocycles. The predicted octanol–water partition coefficient (Wildman–Crippen LogP) is 8.31. The van der Waals surface area contributed by atoms with E-state index >= 15 is 0 Å². The number of aromatic nitrogens is 1. The lowest BCUT2D eigenvalue weighted by molar-refractivity contribution is 0.0981. The second kappa shape index (κ2) is 17.8. The Hall–Kier alpha value is -5.42. The summed E-state index contributed by atoms with van der Waals surface area (Å²) < 4.78 is 29.1. The van der Waals surface area contributed by atoms with E-state index in [-0.39, 0.29) is 16.5 Å². The number of anilines is 2. The number of hydrogen-bond acceptors (Lipinski definition) is 8. The second-order valence-corrected chi connectivity index (χ2v) is 16.6. The maximum atomic E-state index is 13.4. The molecule has 1 amide bonds. The van der Waals surface area contributed by atoms with Crippen LogP contribution < -0.4 is 14.9 Å². The molecule has 0 radical (unpaired) electrons. The van der Waals surface area contributed by atoms with Crippen molar-refractivity contribution in [1.82, 2.24) is 14.6 Å². The molecule has 10 heteroatoms. The van der Waals surface area contributed by atoms with Gasteiger partial charge in [0.2, 0.25) is 0 Å². The Labute approximate surface area is 328 Å². The molecule has 5 aromatic carbocycles. The molecule has 7 rings (SSSR count). The molecular weight excluding hydrogens is 723 g/mol. The minimum atomic E-state index is -4.11. The number of pyridine rings is 1. The van der Waals surface area contributed by atoms with E-state index in [2.05, 4.69) is 91.6 Å². The van der Waals surface area contributed by atoms with Gasteiger partial charge in [-0.15, -0.1) is 11.8 Å². The van der Waals surface area contributed by atoms with Gasteiger partial charge in [0.05, 0.1) is 4.90 Å². The summed E-state index contributed by atoms with van der Waals surface area (Å²) in [7, 11) is -4.11. The number of thioether (sulfide) groups is 1. The molecule has 1 saturated heterocycles. The number of hydrogen-bond donors (Lipinski definition) is 2. The lowest BCUT2D eigenvalue weighted by Crippen LogP contribution is -2.46. The largest absolute Gasteiger partial charge is 0.381 e. The first-order chi connectivity index (χ1) is 26.8. The first-order valence-corrected chi connectivity index (χ1v) is 21.0. The molecular formula is C45H45N5O3S2. The van der Waals surface area contributed by atoms with Gasteiger partial charge in [0.15, 0.2) is 0 Å². The molecule has 55 heavy (non-hydrogen) atoms. The van der Waals surface area contributed by atoms with Gasteiger partial charge in [-0.05, 0) is 102 Å². The Morgan fingerprint density at radius 1 is 0.800 bits per heavy atom. The summed E-state index contributed by atoms with van der Waals surface area (Å²) in [6.45, 7) is 6.29. The van der Waals surface area contributed by atoms with E-state index < -0.39 is 15.9 Å². The molecule has 0 spiro atoms. The van der Waals surface area contributed by atoms with Crippen LogP contribution in [-0.2, 0) is 23.0 Å². The highest BCUT2D eigenvalue weighted by Gasteiger charge is 2.22. The molecule has 0 unspecified atom stereocenters. The van der Waals surface area contributed by atoms with Gasteiger partial charge in [0, 0.05) is 78.7 Å². The number of carbonyl (C=O) groups excluding carboxylic acids is 1. The third kappa shape index (κ3) is 10.0. The maximum Gasteiger partial charge on any atom is 0.264 e. The molecule has 6 aromatic rings. The van der Waals surface area contributed by atoms with Crippen molar-refractivity contribution in [1.29, 1.82) is 0 Å². The van der Waals surface area contributed by atoms with Gasteiger partial charge in [-0.2, -0.15) is 0 Å². The summed E-state index contributed by atoms with van der Waals surface area (Å²) in [5.74, 6) is 0.135. The average Bonchev–Trinajstić information content (AvgIpc) is 3.22. The zero-order valence-electron chi connectivity index (χ0n) is 30.8. The molecule has 1 fully saturated rings. The van der Waals surface area contributed by atoms with E-state index in [9.17, 15) is 13.2 Å². The van der Waals surface area contributed by atoms with Gasteiger partial charge >= 0.3 is 0 Å². The van der Waals surface area contributed by atoms with Gasteiger partial charge in [0.25, 0.3) is 15.9 Å². The van der Waals surface area contributed by atoms with Crippen LogP contribution in [0.25, 0.3) is 11.1 Å². The highest BCUT2D eigenvalue weighted by Crippen LogP contribution is 2.27. The summed E-state index contributed by atoms with van der Waals surface area (Å²) in [4.78, 5) is 23.5. The minimum Gasteiger partial charge on any atom is -0.381 e. The zero-order chi connectivity index (χ0) is 38.0. The number of amides is 1. The first kappa shape index (κ1) is 37.9. The van der Waals surface area contributed by atoms with Crippen molar-refractivity contribution in [3.8, 4) is 11.1 Å². The topological polar surface area (TPSA) is 94.6 Å². The highest BCUT2D eigenvalue weighted by molar-refractivity contribution is 7.99. The third-order valence-corrected chi connectivity index (χ3v) is 12.4. The minimum absolute atomic E-state index is 0.0345. The second-order valence-electron chi connectivity index (χ2n) is 13.8. The van der Waals surface area contributed by atoms with Crippen LogP contribution in [-0.4, -0.2) is 62.2 Å². The fourth-order valence-corrected chi connectivity index (χ4v) is 8.88. The Morgan fingerprint density at radius 2 is 1.51 bits per heavy atom. The smallest absolute Gasteiger partial charge is 0.264 e. The van der Waals surface area contributed by atoms with Crippen LogP contribution in [0.5, 0.6) is 0 Å². The molecule has 8 nitrogen and oxygen atoms in total. The third-order valence-electron chi connectivity index (χ3n) is 9.86. The van der Waals surface area contributed by atoms with Gasteiger partial charge in [0.1, 0.15) is 0 Å². The number of benzene rings is 5. The van der Waals surface area contributed by atoms with E-state index in [1.165, 1.54) is 21.6 Å². The molecule has 2 N–H and O–H groups in total. The SMILES string of the molecule is Cc1cc(S(=O)(=O)NC(=O)c2ccc(N3CCN(Cc4ccccc4-c4ccccc4)CC3)cc2)ccc1N[C@H](CSc1ccccc1)Cc1cccnc1. The van der Waals surface area contributed by atoms with E-state index in [0.717, 1.165) is 67.4 Å². The molecule has 0 bridgehead atoms. The summed E-state index contributed by atoms with van der Waals surface area (Å²) in [5.41, 5.74) is 7.81. The van der Waals surface area contributed by atoms with Crippen LogP contribution >= 0.6 is 11.8 Å². The van der Waals surface area contributed by atoms with Crippen molar-refractivity contribution in [2.75, 3.05) is 42.1 Å². The van der Waals surface area contributed by atoms with E-state index in [1.807, 2.05) is 55.6 Å². The normalized spacial score (nSPS) is 13.9. The quantitative estimate of drug-likeness (QED) is 0.107. The van der Waals surface area contributed by atoms with Gasteiger partial charge < -0.3 is 10.2 Å². The van der Waals surface area contributed by atoms with Crippen molar-refractivity contribution in [2.45, 2.75) is 35.7 Å². The molecule has 2 heterocycles. The number of nitrogens with zero attached hydrogens (tertiary/aromatic N) is 3. The van der Waals surface area contributed by atoms with Crippen molar-refractivity contribution in [3.63, 3.8) is 0 Å². The number of aryl methyl sites for hydroxylation is 1. The van der Waals surface area contributed by atoms with E-state index in [4.69, 9.17) is 0 Å². The monoisotopic (exact) mass is 767 g/mol. The van der Waals surface area contributed by atoms with Crippen molar-refractivity contribution >= 4 is 39.1 Å². The maximum absolute atomic E-state index is 13.4. The molecule has 0 saturated carbocycles. The van der Waals surface area contributed by atoms with Crippen LogP contribution in [0.15, 0.2) is 162 Å². The van der Waals surface area contributed by atoms with Crippen LogP contribution in [0.4, 0.5) is 11.4 Å². The summed E-state index contributed by atoms with van der Waals surface area (Å²) >= 11 is 1.76. The van der Waals surface area contributed by atoms with Crippen LogP contribution in [0.1, 0.15) is 27.0 Å². The molecule has 1 aromatic heterocycles. The van der Waals surface area contributed by atoms with Gasteiger partial charge in [-0.3, -0.25) is 14.7 Å². The summed E-state index contributed by atoms with van der Waals surface area (Å²) in [6, 6.07) is 45.5. The van der Waals surface area contributed by atoms with Gasteiger partial charge in [-0.25, -0.2) is 13.1 Å². The fourth-order valence-electron chi connectivity index (χ4n) is 6.88. The summed E-state index contributed by atoms with van der Waals surface area (Å²) in [5, 5.41) is 3.63. The summed E-state index contributed by atoms with van der Waals surface area (Å²) in [6.07, 6.45) is 4.39.